The number of unbranched alkanes of at least 4 members (excludes halogenated alkanes) is 9. The van der Waals surface area contributed by atoms with Crippen LogP contribution in [0.5, 0.6) is 0 Å². The molecule has 0 saturated carbocycles. The van der Waals surface area contributed by atoms with Crippen molar-refractivity contribution in [2.45, 2.75) is 114 Å². The number of ether oxygens (including phenoxy) is 1. The zero-order chi connectivity index (χ0) is 18.4. The number of carbonyl (C=O) groups is 1. The van der Waals surface area contributed by atoms with Crippen LogP contribution in [-0.2, 0) is 9.53 Å². The Kier molecular flexibility index (Phi) is 14.7. The van der Waals surface area contributed by atoms with E-state index in [1.165, 1.54) is 57.8 Å². The molecule has 5 heteroatoms. The Bertz CT molecular complexity index is 320. The third-order valence-electron chi connectivity index (χ3n) is 3.99. The first-order chi connectivity index (χ1) is 11.3. The van der Waals surface area contributed by atoms with E-state index in [0.717, 1.165) is 12.8 Å². The zero-order valence-electron chi connectivity index (χ0n) is 15.6. The minimum atomic E-state index is -1.55. The summed E-state index contributed by atoms with van der Waals surface area (Å²) in [7, 11) is 0. The normalized spacial score (nSPS) is 13.3. The lowest BCUT2D eigenvalue weighted by atomic mass is 10.0. The maximum atomic E-state index is 11.8. The standard InChI is InChI=1S/C19H35Cl3O2/c1-4-5-6-7-8-9-10-11-12-13-14-17(20)15-19(21,22)18(23)24-16(2)3/h16-17H,4-15H2,1-3H3. The highest BCUT2D eigenvalue weighted by Crippen LogP contribution is 2.32. The van der Waals surface area contributed by atoms with E-state index in [-0.39, 0.29) is 17.9 Å². The molecule has 0 aromatic rings. The largest absolute Gasteiger partial charge is 0.461 e. The van der Waals surface area contributed by atoms with Crippen LogP contribution in [0.2, 0.25) is 0 Å². The highest BCUT2D eigenvalue weighted by atomic mass is 35.5. The minimum Gasteiger partial charge on any atom is -0.461 e. The van der Waals surface area contributed by atoms with Gasteiger partial charge in [0.15, 0.2) is 0 Å². The van der Waals surface area contributed by atoms with Crippen molar-refractivity contribution in [3.05, 3.63) is 0 Å². The summed E-state index contributed by atoms with van der Waals surface area (Å²) in [6, 6.07) is 0. The molecule has 0 amide bonds. The summed E-state index contributed by atoms with van der Waals surface area (Å²) in [5.41, 5.74) is 0. The van der Waals surface area contributed by atoms with Gasteiger partial charge in [0, 0.05) is 11.8 Å². The van der Waals surface area contributed by atoms with Gasteiger partial charge in [-0.05, 0) is 20.3 Å². The second-order valence-corrected chi connectivity index (χ2v) is 9.03. The fourth-order valence-corrected chi connectivity index (χ4v) is 3.62. The number of esters is 1. The number of alkyl halides is 3. The van der Waals surface area contributed by atoms with Gasteiger partial charge in [-0.15, -0.1) is 11.6 Å². The Hall–Kier alpha value is 0.340. The molecular formula is C19H35Cl3O2. The Morgan fingerprint density at radius 3 is 1.83 bits per heavy atom. The third kappa shape index (κ3) is 13.6. The summed E-state index contributed by atoms with van der Waals surface area (Å²) in [6.07, 6.45) is 13.7. The molecule has 0 bridgehead atoms. The molecule has 0 heterocycles. The number of hydrogen-bond donors (Lipinski definition) is 0. The SMILES string of the molecule is CCCCCCCCCCCCC(Cl)CC(Cl)(Cl)C(=O)OC(C)C. The quantitative estimate of drug-likeness (QED) is 0.162. The van der Waals surface area contributed by atoms with E-state index in [9.17, 15) is 4.79 Å². The van der Waals surface area contributed by atoms with Gasteiger partial charge in [0.2, 0.25) is 4.33 Å². The van der Waals surface area contributed by atoms with Crippen molar-refractivity contribution in [3.63, 3.8) is 0 Å². The molecule has 1 atom stereocenters. The topological polar surface area (TPSA) is 26.3 Å². The van der Waals surface area contributed by atoms with Gasteiger partial charge >= 0.3 is 5.97 Å². The van der Waals surface area contributed by atoms with Gasteiger partial charge in [-0.2, -0.15) is 0 Å². The Morgan fingerprint density at radius 1 is 0.917 bits per heavy atom. The molecule has 0 saturated heterocycles. The van der Waals surface area contributed by atoms with Gasteiger partial charge in [-0.25, -0.2) is 4.79 Å². The molecule has 0 spiro atoms. The van der Waals surface area contributed by atoms with Crippen molar-refractivity contribution in [2.24, 2.45) is 0 Å². The summed E-state index contributed by atoms with van der Waals surface area (Å²) in [4.78, 5) is 11.8. The lowest BCUT2D eigenvalue weighted by Gasteiger charge is -2.22. The van der Waals surface area contributed by atoms with E-state index in [2.05, 4.69) is 6.92 Å². The van der Waals surface area contributed by atoms with Crippen molar-refractivity contribution in [1.29, 1.82) is 0 Å². The van der Waals surface area contributed by atoms with Gasteiger partial charge in [-0.3, -0.25) is 0 Å². The molecule has 0 aromatic carbocycles. The number of rotatable bonds is 15. The molecule has 0 aliphatic heterocycles. The van der Waals surface area contributed by atoms with Crippen molar-refractivity contribution in [3.8, 4) is 0 Å². The van der Waals surface area contributed by atoms with Crippen LogP contribution in [0.15, 0.2) is 0 Å². The molecule has 0 N–H and O–H groups in total. The van der Waals surface area contributed by atoms with Crippen LogP contribution in [0.1, 0.15) is 97.8 Å². The summed E-state index contributed by atoms with van der Waals surface area (Å²) in [5.74, 6) is -0.602. The Balaban J connectivity index is 3.65. The van der Waals surface area contributed by atoms with Crippen LogP contribution in [0.25, 0.3) is 0 Å². The highest BCUT2D eigenvalue weighted by molar-refractivity contribution is 6.57. The molecule has 0 aliphatic rings. The number of carbonyl (C=O) groups excluding carboxylic acids is 1. The van der Waals surface area contributed by atoms with E-state index in [0.29, 0.717) is 0 Å². The van der Waals surface area contributed by atoms with Gasteiger partial charge < -0.3 is 4.74 Å². The fourth-order valence-electron chi connectivity index (χ4n) is 2.62. The molecule has 1 unspecified atom stereocenters. The average molecular weight is 402 g/mol. The molecule has 24 heavy (non-hydrogen) atoms. The van der Waals surface area contributed by atoms with Crippen molar-refractivity contribution < 1.29 is 9.53 Å². The van der Waals surface area contributed by atoms with Gasteiger partial charge in [-0.1, -0.05) is 94.3 Å². The summed E-state index contributed by atoms with van der Waals surface area (Å²) in [6.45, 7) is 5.78. The monoisotopic (exact) mass is 400 g/mol. The second-order valence-electron chi connectivity index (χ2n) is 6.93. The maximum absolute atomic E-state index is 11.8. The van der Waals surface area contributed by atoms with Gasteiger partial charge in [0.05, 0.1) is 6.10 Å². The van der Waals surface area contributed by atoms with Gasteiger partial charge in [0.1, 0.15) is 0 Å². The smallest absolute Gasteiger partial charge is 0.342 e. The first kappa shape index (κ1) is 24.3. The van der Waals surface area contributed by atoms with Crippen molar-refractivity contribution >= 4 is 40.8 Å². The third-order valence-corrected chi connectivity index (χ3v) is 4.98. The number of halogens is 3. The number of hydrogen-bond acceptors (Lipinski definition) is 2. The van der Waals surface area contributed by atoms with E-state index < -0.39 is 10.3 Å². The predicted molar refractivity (Wildman–Crippen MR) is 106 cm³/mol. The second kappa shape index (κ2) is 14.5. The Morgan fingerprint density at radius 2 is 1.38 bits per heavy atom. The van der Waals surface area contributed by atoms with E-state index in [1.54, 1.807) is 13.8 Å². The van der Waals surface area contributed by atoms with Crippen LogP contribution in [-0.4, -0.2) is 21.8 Å². The van der Waals surface area contributed by atoms with E-state index in [1.807, 2.05) is 0 Å². The molecule has 0 fully saturated rings. The first-order valence-corrected chi connectivity index (χ1v) is 10.7. The van der Waals surface area contributed by atoms with Crippen molar-refractivity contribution in [1.82, 2.24) is 0 Å². The molecule has 2 nitrogen and oxygen atoms in total. The van der Waals surface area contributed by atoms with E-state index in [4.69, 9.17) is 39.5 Å². The predicted octanol–water partition coefficient (Wildman–Crippen LogP) is 7.42. The average Bonchev–Trinajstić information content (AvgIpc) is 2.48. The Labute approximate surface area is 163 Å². The molecule has 0 rings (SSSR count). The summed E-state index contributed by atoms with van der Waals surface area (Å²) in [5, 5.41) is -0.200. The molecule has 0 aliphatic carbocycles. The van der Waals surface area contributed by atoms with Crippen LogP contribution in [0.3, 0.4) is 0 Å². The molecule has 0 radical (unpaired) electrons. The van der Waals surface area contributed by atoms with E-state index >= 15 is 0 Å². The lowest BCUT2D eigenvalue weighted by Crippen LogP contribution is -2.33. The van der Waals surface area contributed by atoms with Gasteiger partial charge in [0.25, 0.3) is 0 Å². The summed E-state index contributed by atoms with van der Waals surface area (Å²) >= 11 is 18.4. The fraction of sp³-hybridized carbons (Fsp3) is 0.947. The van der Waals surface area contributed by atoms with Crippen molar-refractivity contribution in [2.75, 3.05) is 0 Å². The first-order valence-electron chi connectivity index (χ1n) is 9.52. The minimum absolute atomic E-state index is 0.200. The van der Waals surface area contributed by atoms with Crippen LogP contribution in [0, 0.1) is 0 Å². The zero-order valence-corrected chi connectivity index (χ0v) is 17.9. The van der Waals surface area contributed by atoms with Crippen LogP contribution in [0.4, 0.5) is 0 Å². The molecule has 144 valence electrons. The van der Waals surface area contributed by atoms with Crippen LogP contribution < -0.4 is 0 Å². The summed E-state index contributed by atoms with van der Waals surface area (Å²) < 4.78 is 3.51. The maximum Gasteiger partial charge on any atom is 0.342 e. The molecule has 0 aromatic heterocycles. The molecular weight excluding hydrogens is 367 g/mol. The highest BCUT2D eigenvalue weighted by Gasteiger charge is 2.38. The van der Waals surface area contributed by atoms with Crippen LogP contribution >= 0.6 is 34.8 Å². The lowest BCUT2D eigenvalue weighted by molar-refractivity contribution is -0.148.